The first-order chi connectivity index (χ1) is 5.75. The van der Waals surface area contributed by atoms with E-state index in [9.17, 15) is 0 Å². The van der Waals surface area contributed by atoms with Crippen LogP contribution in [-0.2, 0) is 0 Å². The highest BCUT2D eigenvalue weighted by molar-refractivity contribution is 9.10. The van der Waals surface area contributed by atoms with Crippen LogP contribution in [-0.4, -0.2) is 0 Å². The van der Waals surface area contributed by atoms with Crippen molar-refractivity contribution in [2.75, 3.05) is 0 Å². The van der Waals surface area contributed by atoms with Gasteiger partial charge in [0.15, 0.2) is 0 Å². The zero-order valence-corrected chi connectivity index (χ0v) is 9.27. The van der Waals surface area contributed by atoms with Crippen LogP contribution < -0.4 is 6.15 Å². The van der Waals surface area contributed by atoms with Crippen molar-refractivity contribution in [3.63, 3.8) is 0 Å². The third-order valence-electron chi connectivity index (χ3n) is 1.76. The average molecular weight is 259 g/mol. The molecule has 3 heteroatoms. The van der Waals surface area contributed by atoms with Crippen molar-refractivity contribution in [1.82, 2.24) is 6.15 Å². The minimum Gasteiger partial charge on any atom is -0.344 e. The van der Waals surface area contributed by atoms with Gasteiger partial charge in [0.25, 0.3) is 0 Å². The Kier molecular flexibility index (Phi) is 3.31. The van der Waals surface area contributed by atoms with E-state index in [1.54, 1.807) is 0 Å². The number of halogens is 2. The summed E-state index contributed by atoms with van der Waals surface area (Å²) in [6.07, 6.45) is 0. The van der Waals surface area contributed by atoms with E-state index >= 15 is 0 Å². The maximum Gasteiger partial charge on any atom is 0.0412 e. The molecule has 2 aromatic carbocycles. The molecule has 0 radical (unpaired) electrons. The highest BCUT2D eigenvalue weighted by atomic mass is 79.9. The Morgan fingerprint density at radius 1 is 0.923 bits per heavy atom. The Balaban J connectivity index is 0.000000845. The summed E-state index contributed by atoms with van der Waals surface area (Å²) in [5.41, 5.74) is 0. The number of rotatable bonds is 0. The molecule has 0 bridgehead atoms. The largest absolute Gasteiger partial charge is 0.344 e. The molecule has 0 unspecified atom stereocenters. The smallest absolute Gasteiger partial charge is 0.0412 e. The zero-order chi connectivity index (χ0) is 8.55. The van der Waals surface area contributed by atoms with Gasteiger partial charge in [0.1, 0.15) is 0 Å². The van der Waals surface area contributed by atoms with Gasteiger partial charge in [-0.15, -0.1) is 0 Å². The SMILES string of the molecule is Clc1ccc2cc(Br)ccc2c1.N. The van der Waals surface area contributed by atoms with Crippen molar-refractivity contribution in [3.8, 4) is 0 Å². The van der Waals surface area contributed by atoms with Crippen molar-refractivity contribution in [2.45, 2.75) is 0 Å². The van der Waals surface area contributed by atoms with Crippen LogP contribution in [0.25, 0.3) is 10.8 Å². The van der Waals surface area contributed by atoms with E-state index in [2.05, 4.69) is 22.0 Å². The minimum absolute atomic E-state index is 0. The van der Waals surface area contributed by atoms with Crippen LogP contribution in [0.5, 0.6) is 0 Å². The fourth-order valence-corrected chi connectivity index (χ4v) is 1.75. The third kappa shape index (κ3) is 2.21. The van der Waals surface area contributed by atoms with Gasteiger partial charge in [0.2, 0.25) is 0 Å². The number of fused-ring (bicyclic) bond motifs is 1. The molecule has 0 saturated carbocycles. The molecule has 1 nitrogen and oxygen atoms in total. The monoisotopic (exact) mass is 257 g/mol. The van der Waals surface area contributed by atoms with Crippen LogP contribution in [0.4, 0.5) is 0 Å². The van der Waals surface area contributed by atoms with Crippen molar-refractivity contribution >= 4 is 38.3 Å². The van der Waals surface area contributed by atoms with E-state index in [-0.39, 0.29) is 6.15 Å². The standard InChI is InChI=1S/C10H6BrCl.H3N/c11-9-3-1-8-6-10(12)4-2-7(8)5-9;/h1-6H;1H3. The lowest BCUT2D eigenvalue weighted by atomic mass is 10.1. The van der Waals surface area contributed by atoms with Gasteiger partial charge < -0.3 is 6.15 Å². The summed E-state index contributed by atoms with van der Waals surface area (Å²) in [7, 11) is 0. The predicted molar refractivity (Wildman–Crippen MR) is 61.7 cm³/mol. The fourth-order valence-electron chi connectivity index (χ4n) is 1.19. The summed E-state index contributed by atoms with van der Waals surface area (Å²) < 4.78 is 1.09. The van der Waals surface area contributed by atoms with E-state index in [1.807, 2.05) is 30.3 Å². The highest BCUT2D eigenvalue weighted by Crippen LogP contribution is 2.22. The van der Waals surface area contributed by atoms with Crippen molar-refractivity contribution in [2.24, 2.45) is 0 Å². The summed E-state index contributed by atoms with van der Waals surface area (Å²) in [6.45, 7) is 0. The van der Waals surface area contributed by atoms with Crippen LogP contribution in [0.2, 0.25) is 5.02 Å². The summed E-state index contributed by atoms with van der Waals surface area (Å²) in [4.78, 5) is 0. The molecular formula is C10H9BrClN. The maximum absolute atomic E-state index is 5.85. The molecule has 0 saturated heterocycles. The highest BCUT2D eigenvalue weighted by Gasteiger charge is 1.94. The molecule has 0 fully saturated rings. The van der Waals surface area contributed by atoms with Gasteiger partial charge in [0.05, 0.1) is 0 Å². The first kappa shape index (κ1) is 10.5. The topological polar surface area (TPSA) is 35.0 Å². The van der Waals surface area contributed by atoms with Crippen molar-refractivity contribution in [3.05, 3.63) is 45.9 Å². The Hall–Kier alpha value is -0.570. The van der Waals surface area contributed by atoms with Crippen LogP contribution in [0.3, 0.4) is 0 Å². The van der Waals surface area contributed by atoms with E-state index in [4.69, 9.17) is 11.6 Å². The summed E-state index contributed by atoms with van der Waals surface area (Å²) in [5, 5.41) is 3.16. The summed E-state index contributed by atoms with van der Waals surface area (Å²) in [6, 6.07) is 12.0. The van der Waals surface area contributed by atoms with Crippen LogP contribution in [0, 0.1) is 0 Å². The molecule has 0 aliphatic rings. The molecule has 0 aliphatic carbocycles. The van der Waals surface area contributed by atoms with E-state index < -0.39 is 0 Å². The molecule has 3 N–H and O–H groups in total. The second kappa shape index (κ2) is 4.09. The molecule has 0 heterocycles. The van der Waals surface area contributed by atoms with Crippen molar-refractivity contribution < 1.29 is 0 Å². The molecule has 13 heavy (non-hydrogen) atoms. The van der Waals surface area contributed by atoms with Gasteiger partial charge in [-0.3, -0.25) is 0 Å². The lowest BCUT2D eigenvalue weighted by molar-refractivity contribution is 1.70. The minimum atomic E-state index is 0. The number of hydrogen-bond acceptors (Lipinski definition) is 1. The second-order valence-corrected chi connectivity index (χ2v) is 3.99. The lowest BCUT2D eigenvalue weighted by Gasteiger charge is -1.98. The molecule has 0 aliphatic heterocycles. The average Bonchev–Trinajstić information content (AvgIpc) is 2.05. The van der Waals surface area contributed by atoms with Crippen LogP contribution in [0.1, 0.15) is 0 Å². The molecule has 0 spiro atoms. The predicted octanol–water partition coefficient (Wildman–Crippen LogP) is 4.42. The fraction of sp³-hybridized carbons (Fsp3) is 0. The van der Waals surface area contributed by atoms with E-state index in [0.717, 1.165) is 9.50 Å². The van der Waals surface area contributed by atoms with E-state index in [0.29, 0.717) is 0 Å². The Bertz CT molecular complexity index is 387. The summed E-state index contributed by atoms with van der Waals surface area (Å²) >= 11 is 9.26. The van der Waals surface area contributed by atoms with Gasteiger partial charge in [0, 0.05) is 9.50 Å². The molecule has 68 valence electrons. The number of hydrogen-bond donors (Lipinski definition) is 1. The quantitative estimate of drug-likeness (QED) is 0.746. The van der Waals surface area contributed by atoms with Gasteiger partial charge in [-0.05, 0) is 35.0 Å². The molecule has 0 aromatic heterocycles. The number of benzene rings is 2. The normalized spacial score (nSPS) is 9.69. The van der Waals surface area contributed by atoms with Crippen molar-refractivity contribution in [1.29, 1.82) is 0 Å². The van der Waals surface area contributed by atoms with Gasteiger partial charge >= 0.3 is 0 Å². The maximum atomic E-state index is 5.85. The van der Waals surface area contributed by atoms with Gasteiger partial charge in [-0.1, -0.05) is 39.7 Å². The Labute approximate surface area is 90.4 Å². The first-order valence-electron chi connectivity index (χ1n) is 3.60. The first-order valence-corrected chi connectivity index (χ1v) is 4.77. The Morgan fingerprint density at radius 3 is 2.31 bits per heavy atom. The zero-order valence-electron chi connectivity index (χ0n) is 6.93. The molecule has 0 amide bonds. The molecule has 0 atom stereocenters. The van der Waals surface area contributed by atoms with Crippen LogP contribution >= 0.6 is 27.5 Å². The Morgan fingerprint density at radius 2 is 1.54 bits per heavy atom. The van der Waals surface area contributed by atoms with Crippen LogP contribution in [0.15, 0.2) is 40.9 Å². The van der Waals surface area contributed by atoms with Gasteiger partial charge in [-0.2, -0.15) is 0 Å². The molecule has 2 aromatic rings. The molecular weight excluding hydrogens is 249 g/mol. The lowest BCUT2D eigenvalue weighted by Crippen LogP contribution is -1.72. The van der Waals surface area contributed by atoms with E-state index in [1.165, 1.54) is 10.8 Å². The molecule has 2 rings (SSSR count). The summed E-state index contributed by atoms with van der Waals surface area (Å²) in [5.74, 6) is 0. The van der Waals surface area contributed by atoms with Gasteiger partial charge in [-0.25, -0.2) is 0 Å². The third-order valence-corrected chi connectivity index (χ3v) is 2.49. The second-order valence-electron chi connectivity index (χ2n) is 2.64.